The van der Waals surface area contributed by atoms with Crippen LogP contribution in [0, 0.1) is 6.92 Å². The molecule has 0 saturated carbocycles. The lowest BCUT2D eigenvalue weighted by atomic mass is 9.89. The van der Waals surface area contributed by atoms with E-state index in [-0.39, 0.29) is 11.9 Å². The third-order valence-corrected chi connectivity index (χ3v) is 6.15. The average molecular weight is 368 g/mol. The van der Waals surface area contributed by atoms with E-state index in [0.29, 0.717) is 6.42 Å². The van der Waals surface area contributed by atoms with Crippen molar-refractivity contribution in [3.05, 3.63) is 64.7 Å². The van der Waals surface area contributed by atoms with Gasteiger partial charge in [-0.1, -0.05) is 42.8 Å². The van der Waals surface area contributed by atoms with E-state index in [4.69, 9.17) is 0 Å². The molecule has 1 N–H and O–H groups in total. The number of thioether (sulfide) groups is 1. The van der Waals surface area contributed by atoms with E-state index >= 15 is 0 Å². The maximum absolute atomic E-state index is 12.4. The second-order valence-corrected chi connectivity index (χ2v) is 8.34. The SMILES string of the molecule is CCC(NC(=O)CCSc1ccc(C)cc1)c1ccc2c(c1)CCCC2. The molecule has 3 heteroatoms. The number of carbonyl (C=O) groups excluding carboxylic acids is 1. The van der Waals surface area contributed by atoms with E-state index in [1.54, 1.807) is 11.8 Å². The van der Waals surface area contributed by atoms with Gasteiger partial charge in [0.1, 0.15) is 0 Å². The van der Waals surface area contributed by atoms with Crippen LogP contribution in [0.2, 0.25) is 0 Å². The van der Waals surface area contributed by atoms with Crippen LogP contribution in [0.15, 0.2) is 47.4 Å². The Morgan fingerprint density at radius 1 is 1.08 bits per heavy atom. The quantitative estimate of drug-likeness (QED) is 0.643. The lowest BCUT2D eigenvalue weighted by Crippen LogP contribution is -2.28. The Kier molecular flexibility index (Phi) is 6.79. The molecule has 2 aromatic rings. The molecule has 3 rings (SSSR count). The normalized spacial score (nSPS) is 14.5. The molecule has 0 radical (unpaired) electrons. The van der Waals surface area contributed by atoms with Gasteiger partial charge in [0.25, 0.3) is 0 Å². The van der Waals surface area contributed by atoms with Crippen LogP contribution in [0.25, 0.3) is 0 Å². The van der Waals surface area contributed by atoms with Gasteiger partial charge in [-0.3, -0.25) is 4.79 Å². The number of rotatable bonds is 7. The van der Waals surface area contributed by atoms with Gasteiger partial charge in [-0.15, -0.1) is 11.8 Å². The number of nitrogens with one attached hydrogen (secondary N) is 1. The van der Waals surface area contributed by atoms with Crippen LogP contribution in [0.1, 0.15) is 60.9 Å². The lowest BCUT2D eigenvalue weighted by molar-refractivity contribution is -0.121. The van der Waals surface area contributed by atoms with Crippen LogP contribution in [0.3, 0.4) is 0 Å². The molecule has 2 nitrogen and oxygen atoms in total. The van der Waals surface area contributed by atoms with E-state index in [0.717, 1.165) is 12.2 Å². The average Bonchev–Trinajstić information content (AvgIpc) is 2.67. The Balaban J connectivity index is 1.52. The van der Waals surface area contributed by atoms with E-state index in [1.165, 1.54) is 52.8 Å². The second kappa shape index (κ2) is 9.27. The van der Waals surface area contributed by atoms with Crippen LogP contribution in [-0.2, 0) is 17.6 Å². The molecular weight excluding hydrogens is 338 g/mol. The molecule has 0 spiro atoms. The molecule has 1 atom stereocenters. The van der Waals surface area contributed by atoms with Crippen LogP contribution < -0.4 is 5.32 Å². The Hall–Kier alpha value is -1.74. The largest absolute Gasteiger partial charge is 0.349 e. The Bertz CT molecular complexity index is 738. The van der Waals surface area contributed by atoms with Crippen molar-refractivity contribution in [3.8, 4) is 0 Å². The molecule has 1 aliphatic carbocycles. The third kappa shape index (κ3) is 5.14. The molecule has 0 aliphatic heterocycles. The molecular formula is C23H29NOS. The van der Waals surface area contributed by atoms with E-state index < -0.39 is 0 Å². The van der Waals surface area contributed by atoms with Crippen molar-refractivity contribution >= 4 is 17.7 Å². The summed E-state index contributed by atoms with van der Waals surface area (Å²) >= 11 is 1.75. The molecule has 2 aromatic carbocycles. The first-order valence-electron chi connectivity index (χ1n) is 9.76. The van der Waals surface area contributed by atoms with Gasteiger partial charge < -0.3 is 5.32 Å². The lowest BCUT2D eigenvalue weighted by Gasteiger charge is -2.21. The molecule has 0 fully saturated rings. The highest BCUT2D eigenvalue weighted by Crippen LogP contribution is 2.26. The van der Waals surface area contributed by atoms with Gasteiger partial charge >= 0.3 is 0 Å². The molecule has 1 amide bonds. The number of fused-ring (bicyclic) bond motifs is 1. The molecule has 1 aliphatic rings. The minimum atomic E-state index is 0.124. The number of hydrogen-bond acceptors (Lipinski definition) is 2. The van der Waals surface area contributed by atoms with Crippen LogP contribution in [0.4, 0.5) is 0 Å². The van der Waals surface area contributed by atoms with Gasteiger partial charge in [-0.2, -0.15) is 0 Å². The van der Waals surface area contributed by atoms with E-state index in [1.807, 2.05) is 0 Å². The molecule has 138 valence electrons. The third-order valence-electron chi connectivity index (χ3n) is 5.14. The highest BCUT2D eigenvalue weighted by atomic mass is 32.2. The molecule has 0 saturated heterocycles. The zero-order chi connectivity index (χ0) is 18.4. The summed E-state index contributed by atoms with van der Waals surface area (Å²) in [6, 6.07) is 15.4. The maximum Gasteiger partial charge on any atom is 0.221 e. The van der Waals surface area contributed by atoms with E-state index in [9.17, 15) is 4.79 Å². The predicted octanol–water partition coefficient (Wildman–Crippen LogP) is 5.62. The summed E-state index contributed by atoms with van der Waals surface area (Å²) in [5.41, 5.74) is 5.50. The summed E-state index contributed by atoms with van der Waals surface area (Å²) in [6.07, 6.45) is 6.46. The number of hydrogen-bond donors (Lipinski definition) is 1. The number of carbonyl (C=O) groups is 1. The van der Waals surface area contributed by atoms with Crippen LogP contribution in [0.5, 0.6) is 0 Å². The summed E-state index contributed by atoms with van der Waals surface area (Å²) in [6.45, 7) is 4.24. The summed E-state index contributed by atoms with van der Waals surface area (Å²) in [5, 5.41) is 3.23. The standard InChI is InChI=1S/C23H29NOS/c1-3-22(20-11-10-18-6-4-5-7-19(18)16-20)24-23(25)14-15-26-21-12-8-17(2)9-13-21/h8-13,16,22H,3-7,14-15H2,1-2H3,(H,24,25). The fraction of sp³-hybridized carbons (Fsp3) is 0.435. The summed E-state index contributed by atoms with van der Waals surface area (Å²) in [4.78, 5) is 13.6. The van der Waals surface area contributed by atoms with Crippen molar-refractivity contribution in [1.29, 1.82) is 0 Å². The molecule has 0 heterocycles. The number of benzene rings is 2. The van der Waals surface area contributed by atoms with Gasteiger partial charge in [0.15, 0.2) is 0 Å². The van der Waals surface area contributed by atoms with Crippen molar-refractivity contribution in [1.82, 2.24) is 5.32 Å². The topological polar surface area (TPSA) is 29.1 Å². The first kappa shape index (κ1) is 19.0. The summed E-state index contributed by atoms with van der Waals surface area (Å²) in [7, 11) is 0. The van der Waals surface area contributed by atoms with Gasteiger partial charge in [-0.05, 0) is 67.9 Å². The highest BCUT2D eigenvalue weighted by molar-refractivity contribution is 7.99. The van der Waals surface area contributed by atoms with Crippen molar-refractivity contribution in [2.75, 3.05) is 5.75 Å². The van der Waals surface area contributed by atoms with Crippen molar-refractivity contribution in [3.63, 3.8) is 0 Å². The highest BCUT2D eigenvalue weighted by Gasteiger charge is 2.16. The van der Waals surface area contributed by atoms with Crippen LogP contribution in [-0.4, -0.2) is 11.7 Å². The first-order chi connectivity index (χ1) is 12.7. The zero-order valence-electron chi connectivity index (χ0n) is 15.9. The smallest absolute Gasteiger partial charge is 0.221 e. The minimum absolute atomic E-state index is 0.124. The Labute approximate surface area is 161 Å². The molecule has 0 aromatic heterocycles. The van der Waals surface area contributed by atoms with E-state index in [2.05, 4.69) is 61.6 Å². The maximum atomic E-state index is 12.4. The first-order valence-corrected chi connectivity index (χ1v) is 10.7. The van der Waals surface area contributed by atoms with Gasteiger partial charge in [-0.25, -0.2) is 0 Å². The van der Waals surface area contributed by atoms with Gasteiger partial charge in [0.05, 0.1) is 6.04 Å². The molecule has 0 bridgehead atoms. The second-order valence-electron chi connectivity index (χ2n) is 7.18. The number of amides is 1. The summed E-state index contributed by atoms with van der Waals surface area (Å²) in [5.74, 6) is 0.962. The molecule has 26 heavy (non-hydrogen) atoms. The monoisotopic (exact) mass is 367 g/mol. The molecule has 1 unspecified atom stereocenters. The summed E-state index contributed by atoms with van der Waals surface area (Å²) < 4.78 is 0. The van der Waals surface area contributed by atoms with Gasteiger partial charge in [0, 0.05) is 17.1 Å². The zero-order valence-corrected chi connectivity index (χ0v) is 16.7. The minimum Gasteiger partial charge on any atom is -0.349 e. The van der Waals surface area contributed by atoms with Crippen molar-refractivity contribution in [2.24, 2.45) is 0 Å². The van der Waals surface area contributed by atoms with Crippen LogP contribution >= 0.6 is 11.8 Å². The van der Waals surface area contributed by atoms with Crippen molar-refractivity contribution in [2.45, 2.75) is 63.3 Å². The Morgan fingerprint density at radius 3 is 2.54 bits per heavy atom. The predicted molar refractivity (Wildman–Crippen MR) is 111 cm³/mol. The van der Waals surface area contributed by atoms with Crippen molar-refractivity contribution < 1.29 is 4.79 Å². The number of aryl methyl sites for hydroxylation is 3. The fourth-order valence-electron chi connectivity index (χ4n) is 3.55. The Morgan fingerprint density at radius 2 is 1.81 bits per heavy atom. The fourth-order valence-corrected chi connectivity index (χ4v) is 4.41. The van der Waals surface area contributed by atoms with Gasteiger partial charge in [0.2, 0.25) is 5.91 Å².